The summed E-state index contributed by atoms with van der Waals surface area (Å²) in [4.78, 5) is 0. The van der Waals surface area contributed by atoms with Gasteiger partial charge in [-0.15, -0.1) is 0 Å². The molecule has 2 N–H and O–H groups in total. The van der Waals surface area contributed by atoms with Gasteiger partial charge < -0.3 is 5.11 Å². The number of nitrogens with one attached hydrogen (secondary N) is 1. The summed E-state index contributed by atoms with van der Waals surface area (Å²) >= 11 is 0. The molecule has 0 amide bonds. The molecule has 1 aromatic carbocycles. The first-order valence-electron chi connectivity index (χ1n) is 4.57. The van der Waals surface area contributed by atoms with E-state index < -0.39 is 24.9 Å². The van der Waals surface area contributed by atoms with E-state index in [2.05, 4.69) is 4.72 Å². The number of benzene rings is 1. The maximum Gasteiger partial charge on any atom is 0.247 e. The number of hydrogen-bond acceptors (Lipinski definition) is 5. The highest BCUT2D eigenvalue weighted by molar-refractivity contribution is 8.08. The van der Waals surface area contributed by atoms with Crippen molar-refractivity contribution in [1.29, 1.82) is 0 Å². The van der Waals surface area contributed by atoms with Crippen LogP contribution < -0.4 is 4.72 Å². The number of sulfonamides is 1. The van der Waals surface area contributed by atoms with Gasteiger partial charge in [0, 0.05) is 11.9 Å². The summed E-state index contributed by atoms with van der Waals surface area (Å²) in [7, 11) is -7.56. The number of hydrogen-bond donors (Lipinski definition) is 2. The number of aryl methyl sites for hydroxylation is 1. The lowest BCUT2D eigenvalue weighted by Crippen LogP contribution is -2.22. The predicted molar refractivity (Wildman–Crippen MR) is 65.1 cm³/mol. The van der Waals surface area contributed by atoms with Gasteiger partial charge in [-0.25, -0.2) is 16.8 Å². The Morgan fingerprint density at radius 3 is 2.29 bits per heavy atom. The topological polar surface area (TPSA) is 101 Å². The number of rotatable bonds is 4. The molecule has 0 radical (unpaired) electrons. The number of aromatic hydroxyl groups is 1. The van der Waals surface area contributed by atoms with Crippen LogP contribution in [0, 0.1) is 6.92 Å². The fourth-order valence-corrected chi connectivity index (χ4v) is 4.19. The number of anilines is 1. The standard InChI is InChI=1S/C9H13NO5S2/c1-7-5-8(3-4-9(7)11)10-17(14,15)6-16(2,12)13/h3-5,10-11H,6H2,1-2H3. The summed E-state index contributed by atoms with van der Waals surface area (Å²) in [5.41, 5.74) is 0.702. The van der Waals surface area contributed by atoms with Crippen molar-refractivity contribution in [3.63, 3.8) is 0 Å². The molecule has 0 aliphatic carbocycles. The molecule has 6 nitrogen and oxygen atoms in total. The molecule has 0 aliphatic heterocycles. The lowest BCUT2D eigenvalue weighted by Gasteiger charge is -2.08. The van der Waals surface area contributed by atoms with Gasteiger partial charge in [0.25, 0.3) is 0 Å². The minimum atomic E-state index is -3.94. The molecule has 0 atom stereocenters. The molecule has 0 saturated carbocycles. The van der Waals surface area contributed by atoms with Gasteiger partial charge in [-0.05, 0) is 30.7 Å². The third-order valence-electron chi connectivity index (χ3n) is 1.84. The van der Waals surface area contributed by atoms with Crippen molar-refractivity contribution in [3.05, 3.63) is 23.8 Å². The van der Waals surface area contributed by atoms with Crippen molar-refractivity contribution in [2.45, 2.75) is 6.92 Å². The number of phenolic OH excluding ortho intramolecular Hbond substituents is 1. The molecule has 0 unspecified atom stereocenters. The van der Waals surface area contributed by atoms with E-state index in [9.17, 15) is 21.9 Å². The zero-order valence-corrected chi connectivity index (χ0v) is 11.0. The highest BCUT2D eigenvalue weighted by atomic mass is 32.3. The van der Waals surface area contributed by atoms with Crippen LogP contribution in [0.25, 0.3) is 0 Å². The Bertz CT molecular complexity index is 619. The second-order valence-corrected chi connectivity index (χ2v) is 7.99. The Kier molecular flexibility index (Phi) is 3.68. The van der Waals surface area contributed by atoms with E-state index in [1.165, 1.54) is 18.2 Å². The van der Waals surface area contributed by atoms with Gasteiger partial charge in [0.2, 0.25) is 10.0 Å². The minimum Gasteiger partial charge on any atom is -0.508 e. The molecule has 0 heterocycles. The van der Waals surface area contributed by atoms with Crippen molar-refractivity contribution in [3.8, 4) is 5.75 Å². The fourth-order valence-electron chi connectivity index (χ4n) is 1.21. The van der Waals surface area contributed by atoms with E-state index in [-0.39, 0.29) is 11.4 Å². The molecule has 0 fully saturated rings. The molecule has 0 bridgehead atoms. The average Bonchev–Trinajstić information content (AvgIpc) is 2.06. The summed E-state index contributed by atoms with van der Waals surface area (Å²) in [6.07, 6.45) is 0.842. The Balaban J connectivity index is 2.95. The van der Waals surface area contributed by atoms with E-state index >= 15 is 0 Å². The van der Waals surface area contributed by atoms with Crippen LogP contribution in [-0.4, -0.2) is 33.3 Å². The van der Waals surface area contributed by atoms with Gasteiger partial charge in [-0.3, -0.25) is 4.72 Å². The van der Waals surface area contributed by atoms with E-state index in [1.54, 1.807) is 6.92 Å². The number of sulfone groups is 1. The Labute approximate surface area is 100 Å². The highest BCUT2D eigenvalue weighted by Crippen LogP contribution is 2.21. The molecule has 0 spiro atoms. The molecule has 96 valence electrons. The van der Waals surface area contributed by atoms with Gasteiger partial charge in [0.1, 0.15) is 5.75 Å². The van der Waals surface area contributed by atoms with E-state index in [0.717, 1.165) is 6.26 Å². The zero-order valence-electron chi connectivity index (χ0n) is 9.34. The Hall–Kier alpha value is -1.28. The Morgan fingerprint density at radius 2 is 1.82 bits per heavy atom. The lowest BCUT2D eigenvalue weighted by molar-refractivity contribution is 0.471. The molecule has 1 rings (SSSR count). The van der Waals surface area contributed by atoms with Crippen molar-refractivity contribution in [2.75, 3.05) is 16.1 Å². The molecule has 1 aromatic rings. The molecule has 0 saturated heterocycles. The lowest BCUT2D eigenvalue weighted by atomic mass is 10.2. The van der Waals surface area contributed by atoms with Crippen LogP contribution in [0.2, 0.25) is 0 Å². The second-order valence-electron chi connectivity index (χ2n) is 3.76. The van der Waals surface area contributed by atoms with Crippen LogP contribution in [0.5, 0.6) is 5.75 Å². The maximum atomic E-state index is 11.5. The molecule has 0 aromatic heterocycles. The zero-order chi connectivity index (χ0) is 13.3. The Morgan fingerprint density at radius 1 is 1.24 bits per heavy atom. The summed E-state index contributed by atoms with van der Waals surface area (Å²) in [6.45, 7) is 1.60. The first-order chi connectivity index (χ1) is 7.59. The smallest absolute Gasteiger partial charge is 0.247 e. The molecule has 0 aliphatic rings. The molecular weight excluding hydrogens is 266 g/mol. The minimum absolute atomic E-state index is 0.0380. The summed E-state index contributed by atoms with van der Waals surface area (Å²) in [6, 6.07) is 4.09. The summed E-state index contributed by atoms with van der Waals surface area (Å²) < 4.78 is 46.8. The third kappa shape index (κ3) is 4.61. The van der Waals surface area contributed by atoms with Crippen LogP contribution in [0.3, 0.4) is 0 Å². The molecule has 8 heteroatoms. The van der Waals surface area contributed by atoms with E-state index in [1.807, 2.05) is 0 Å². The first kappa shape index (κ1) is 13.8. The maximum absolute atomic E-state index is 11.5. The number of phenols is 1. The van der Waals surface area contributed by atoms with Gasteiger partial charge in [-0.1, -0.05) is 0 Å². The van der Waals surface area contributed by atoms with Crippen LogP contribution in [0.1, 0.15) is 5.56 Å². The second kappa shape index (κ2) is 4.53. The normalized spacial score (nSPS) is 12.4. The molecular formula is C9H13NO5S2. The monoisotopic (exact) mass is 279 g/mol. The van der Waals surface area contributed by atoms with Crippen LogP contribution in [0.4, 0.5) is 5.69 Å². The van der Waals surface area contributed by atoms with Crippen LogP contribution >= 0.6 is 0 Å². The highest BCUT2D eigenvalue weighted by Gasteiger charge is 2.18. The van der Waals surface area contributed by atoms with Gasteiger partial charge in [0.05, 0.1) is 0 Å². The first-order valence-corrected chi connectivity index (χ1v) is 8.28. The van der Waals surface area contributed by atoms with Crippen LogP contribution in [0.15, 0.2) is 18.2 Å². The van der Waals surface area contributed by atoms with E-state index in [4.69, 9.17) is 0 Å². The third-order valence-corrected chi connectivity index (χ3v) is 5.34. The quantitative estimate of drug-likeness (QED) is 0.779. The SMILES string of the molecule is Cc1cc(NS(=O)(=O)CS(C)(=O)=O)ccc1O. The van der Waals surface area contributed by atoms with Crippen molar-refractivity contribution in [1.82, 2.24) is 0 Å². The van der Waals surface area contributed by atoms with Gasteiger partial charge >= 0.3 is 0 Å². The largest absolute Gasteiger partial charge is 0.508 e. The summed E-state index contributed by atoms with van der Waals surface area (Å²) in [5, 5.41) is 8.28. The van der Waals surface area contributed by atoms with Crippen molar-refractivity contribution in [2.24, 2.45) is 0 Å². The summed E-state index contributed by atoms with van der Waals surface area (Å²) in [5.74, 6) is 0.0380. The average molecular weight is 279 g/mol. The van der Waals surface area contributed by atoms with Crippen molar-refractivity contribution < 1.29 is 21.9 Å². The van der Waals surface area contributed by atoms with E-state index in [0.29, 0.717) is 5.56 Å². The van der Waals surface area contributed by atoms with Crippen LogP contribution in [-0.2, 0) is 19.9 Å². The molecule has 17 heavy (non-hydrogen) atoms. The predicted octanol–water partition coefficient (Wildman–Crippen LogP) is 0.444. The van der Waals surface area contributed by atoms with Gasteiger partial charge in [-0.2, -0.15) is 0 Å². The fraction of sp³-hybridized carbons (Fsp3) is 0.333. The van der Waals surface area contributed by atoms with Crippen molar-refractivity contribution >= 4 is 25.5 Å². The van der Waals surface area contributed by atoms with Gasteiger partial charge in [0.15, 0.2) is 14.9 Å².